The Labute approximate surface area is 426 Å². The first-order valence-corrected chi connectivity index (χ1v) is 25.7. The molecule has 368 valence electrons. The molecule has 2 amide bonds. The van der Waals surface area contributed by atoms with E-state index in [0.29, 0.717) is 44.6 Å². The number of carbonyl (C=O) groups is 4. The Bertz CT molecular complexity index is 2360. The van der Waals surface area contributed by atoms with E-state index in [9.17, 15) is 24.3 Å². The number of pyridine rings is 2. The second-order valence-electron chi connectivity index (χ2n) is 20.2. The number of fused-ring (bicyclic) bond motifs is 2. The summed E-state index contributed by atoms with van der Waals surface area (Å²) in [7, 11) is 0. The first-order valence-electron chi connectivity index (χ1n) is 25.7. The van der Waals surface area contributed by atoms with Gasteiger partial charge in [0.05, 0.1) is 18.4 Å². The van der Waals surface area contributed by atoms with Gasteiger partial charge in [0.2, 0.25) is 11.8 Å². The Balaban J connectivity index is 0.000000201. The summed E-state index contributed by atoms with van der Waals surface area (Å²) in [5.74, 6) is 0.387. The van der Waals surface area contributed by atoms with Crippen LogP contribution in [0.25, 0.3) is 0 Å². The van der Waals surface area contributed by atoms with E-state index in [2.05, 4.69) is 29.2 Å². The minimum Gasteiger partial charge on any atom is -0.870 e. The summed E-state index contributed by atoms with van der Waals surface area (Å²) in [6.45, 7) is 7.68. The number of likely N-dealkylation sites (tertiary alicyclic amines) is 4. The van der Waals surface area contributed by atoms with Crippen molar-refractivity contribution in [2.24, 2.45) is 23.7 Å². The third-order valence-electron chi connectivity index (χ3n) is 15.5. The third-order valence-corrected chi connectivity index (χ3v) is 15.5. The van der Waals surface area contributed by atoms with E-state index in [0.717, 1.165) is 88.7 Å². The molecule has 6 heterocycles. The molecule has 0 bridgehead atoms. The van der Waals surface area contributed by atoms with Crippen molar-refractivity contribution >= 4 is 23.8 Å². The van der Waals surface area contributed by atoms with Crippen molar-refractivity contribution in [3.63, 3.8) is 0 Å². The molecule has 2 aromatic heterocycles. The van der Waals surface area contributed by atoms with Crippen LogP contribution in [0.5, 0.6) is 0 Å². The van der Waals surface area contributed by atoms with Gasteiger partial charge in [-0.2, -0.15) is 0 Å². The molecule has 0 radical (unpaired) electrons. The standard InChI is InChI=1S/C29H37N3O3.C27H33N3O3.Li.H2O/c1-2-35-29(34)27(23-9-4-3-5-10-23)32-19-24(20-32)28(33)31-16-14-21(15-17-31)18-25-13-12-22-8-6-7-11-26(22)30-25;31-26(22-17-30(18-22)25(27(32)33)21-7-2-1-3-8-21)29-14-12-19(13-15-29)16-23-11-10-20-6-4-5-9-24(20)28-23;;/h3-5,9-10,12-13,21,24,27H,2,6-8,11,14-20H2,1H3;1-3,7-8,10-11,19,22,25H,4-6,9,12-18H2,(H,32,33);;1H2/q;;+1;/p-1. The van der Waals surface area contributed by atoms with E-state index >= 15 is 0 Å². The topological polar surface area (TPSA) is 166 Å². The Kier molecular flexibility index (Phi) is 18.9. The normalized spacial score (nSPS) is 19.8. The molecule has 2 N–H and O–H groups in total. The van der Waals surface area contributed by atoms with Gasteiger partial charge in [-0.05, 0) is 143 Å². The Morgan fingerprint density at radius 1 is 0.586 bits per heavy atom. The molecular formula is C56H71LiN6O7. The van der Waals surface area contributed by atoms with Gasteiger partial charge in [0.15, 0.2) is 0 Å². The number of aliphatic carboxylic acids is 1. The second kappa shape index (κ2) is 25.0. The summed E-state index contributed by atoms with van der Waals surface area (Å²) in [5, 5.41) is 9.71. The first kappa shape index (κ1) is 52.9. The Morgan fingerprint density at radius 3 is 1.40 bits per heavy atom. The van der Waals surface area contributed by atoms with Gasteiger partial charge >= 0.3 is 30.8 Å². The number of carbonyl (C=O) groups excluding carboxylic acids is 3. The third kappa shape index (κ3) is 12.8. The van der Waals surface area contributed by atoms with E-state index < -0.39 is 18.1 Å². The number of ether oxygens (including phenoxy) is 1. The molecule has 4 aromatic rings. The van der Waals surface area contributed by atoms with Gasteiger partial charge in [-0.1, -0.05) is 72.8 Å². The largest absolute Gasteiger partial charge is 1.00 e. The van der Waals surface area contributed by atoms with E-state index in [-0.39, 0.29) is 54.0 Å². The molecule has 6 aliphatic rings. The molecule has 10 rings (SSSR count). The number of carboxylic acids is 1. The number of nitrogens with zero attached hydrogens (tertiary/aromatic N) is 6. The first-order chi connectivity index (χ1) is 33.2. The summed E-state index contributed by atoms with van der Waals surface area (Å²) >= 11 is 0. The van der Waals surface area contributed by atoms with Crippen LogP contribution in [0.3, 0.4) is 0 Å². The molecule has 4 saturated heterocycles. The fourth-order valence-electron chi connectivity index (χ4n) is 11.6. The number of esters is 1. The minimum atomic E-state index is -0.858. The van der Waals surface area contributed by atoms with Gasteiger partial charge in [0, 0.05) is 75.1 Å². The van der Waals surface area contributed by atoms with Crippen LogP contribution in [-0.2, 0) is 62.4 Å². The van der Waals surface area contributed by atoms with Crippen LogP contribution in [0.4, 0.5) is 0 Å². The maximum Gasteiger partial charge on any atom is 1.00 e. The number of aromatic nitrogens is 2. The van der Waals surface area contributed by atoms with Gasteiger partial charge < -0.3 is 25.1 Å². The average Bonchev–Trinajstić information content (AvgIpc) is 3.34. The minimum absolute atomic E-state index is 0. The van der Waals surface area contributed by atoms with Crippen LogP contribution < -0.4 is 18.9 Å². The summed E-state index contributed by atoms with van der Waals surface area (Å²) in [6.07, 6.45) is 15.8. The predicted octanol–water partition coefficient (Wildman–Crippen LogP) is 4.30. The number of aryl methyl sites for hydroxylation is 4. The van der Waals surface area contributed by atoms with E-state index in [1.807, 2.05) is 82.3 Å². The van der Waals surface area contributed by atoms with E-state index in [4.69, 9.17) is 14.7 Å². The number of carboxylic acid groups (broad SMARTS) is 1. The zero-order chi connectivity index (χ0) is 47.0. The molecule has 4 fully saturated rings. The van der Waals surface area contributed by atoms with Crippen molar-refractivity contribution in [1.29, 1.82) is 0 Å². The SMILES string of the molecule is CCOC(=O)C(c1ccccc1)N1CC(C(=O)N2CCC(Cc3ccc4c(n3)CCCC4)CC2)C1.O=C(O)C(c1ccccc1)N1CC(C(=O)N2CCC(Cc3ccc4c(n3)CCCC4)CC2)C1.[Li+].[OH-]. The average molecular weight is 947 g/mol. The van der Waals surface area contributed by atoms with Crippen molar-refractivity contribution in [2.45, 2.75) is 109 Å². The zero-order valence-corrected chi connectivity index (χ0v) is 41.4. The fraction of sp³-hybridized carbons (Fsp3) is 0.536. The zero-order valence-electron chi connectivity index (χ0n) is 41.4. The Morgan fingerprint density at radius 2 is 0.986 bits per heavy atom. The molecule has 2 atom stereocenters. The number of piperidine rings is 2. The van der Waals surface area contributed by atoms with Crippen molar-refractivity contribution in [2.75, 3.05) is 59.0 Å². The molecule has 70 heavy (non-hydrogen) atoms. The van der Waals surface area contributed by atoms with Gasteiger partial charge in [0.1, 0.15) is 12.1 Å². The van der Waals surface area contributed by atoms with Crippen molar-refractivity contribution in [3.8, 4) is 0 Å². The van der Waals surface area contributed by atoms with Crippen LogP contribution >= 0.6 is 0 Å². The van der Waals surface area contributed by atoms with Crippen LogP contribution in [0.15, 0.2) is 84.9 Å². The monoisotopic (exact) mass is 947 g/mol. The Hall–Kier alpha value is -4.90. The van der Waals surface area contributed by atoms with Gasteiger partial charge in [-0.15, -0.1) is 0 Å². The van der Waals surface area contributed by atoms with Crippen LogP contribution in [0, 0.1) is 23.7 Å². The number of hydrogen-bond donors (Lipinski definition) is 1. The second-order valence-corrected chi connectivity index (χ2v) is 20.2. The fourth-order valence-corrected chi connectivity index (χ4v) is 11.6. The van der Waals surface area contributed by atoms with Gasteiger partial charge in [-0.3, -0.25) is 34.2 Å². The van der Waals surface area contributed by atoms with Crippen LogP contribution in [0.2, 0.25) is 0 Å². The van der Waals surface area contributed by atoms with E-state index in [1.165, 1.54) is 72.4 Å². The van der Waals surface area contributed by atoms with Crippen molar-refractivity contribution < 1.29 is 53.4 Å². The smallest absolute Gasteiger partial charge is 0.870 e. The number of amides is 2. The molecule has 2 unspecified atom stereocenters. The summed E-state index contributed by atoms with van der Waals surface area (Å²) in [6, 6.07) is 26.9. The van der Waals surface area contributed by atoms with Crippen molar-refractivity contribution in [3.05, 3.63) is 130 Å². The number of hydrogen-bond acceptors (Lipinski definition) is 10. The number of benzene rings is 2. The van der Waals surface area contributed by atoms with Crippen LogP contribution in [0.1, 0.15) is 115 Å². The van der Waals surface area contributed by atoms with E-state index in [1.54, 1.807) is 0 Å². The summed E-state index contributed by atoms with van der Waals surface area (Å²) < 4.78 is 5.34. The molecule has 2 aliphatic carbocycles. The number of rotatable bonds is 13. The molecule has 2 aromatic carbocycles. The molecular weight excluding hydrogens is 876 g/mol. The van der Waals surface area contributed by atoms with Gasteiger partial charge in [0.25, 0.3) is 0 Å². The molecule has 0 saturated carbocycles. The maximum atomic E-state index is 13.2. The van der Waals surface area contributed by atoms with Gasteiger partial charge in [-0.25, -0.2) is 4.79 Å². The van der Waals surface area contributed by atoms with Crippen molar-refractivity contribution in [1.82, 2.24) is 29.6 Å². The summed E-state index contributed by atoms with van der Waals surface area (Å²) in [4.78, 5) is 68.6. The maximum absolute atomic E-state index is 13.2. The summed E-state index contributed by atoms with van der Waals surface area (Å²) in [5.41, 5.74) is 9.60. The molecule has 0 spiro atoms. The predicted molar refractivity (Wildman–Crippen MR) is 262 cm³/mol. The quantitative estimate of drug-likeness (QED) is 0.150. The van der Waals surface area contributed by atoms with Crippen LogP contribution in [-0.4, -0.2) is 123 Å². The molecule has 4 aliphatic heterocycles. The molecule has 14 heteroatoms. The molecule has 13 nitrogen and oxygen atoms in total.